The van der Waals surface area contributed by atoms with Crippen molar-refractivity contribution in [3.05, 3.63) is 0 Å². The minimum atomic E-state index is -0.912. The molecule has 1 saturated carbocycles. The lowest BCUT2D eigenvalue weighted by Crippen LogP contribution is -2.37. The number of carbonyl (C=O) groups is 3. The third-order valence-corrected chi connectivity index (χ3v) is 3.82. The summed E-state index contributed by atoms with van der Waals surface area (Å²) >= 11 is 0. The Morgan fingerprint density at radius 1 is 1.10 bits per heavy atom. The molecule has 1 fully saturated rings. The summed E-state index contributed by atoms with van der Waals surface area (Å²) in [5.74, 6) is -1.36. The van der Waals surface area contributed by atoms with Crippen molar-refractivity contribution in [2.75, 3.05) is 26.8 Å². The van der Waals surface area contributed by atoms with Crippen molar-refractivity contribution in [1.29, 1.82) is 0 Å². The summed E-state index contributed by atoms with van der Waals surface area (Å²) in [5, 5.41) is 14.6. The van der Waals surface area contributed by atoms with E-state index in [9.17, 15) is 19.5 Å². The summed E-state index contributed by atoms with van der Waals surface area (Å²) in [5.41, 5.74) is -0.912. The maximum Gasteiger partial charge on any atom is 0.310 e. The van der Waals surface area contributed by atoms with Crippen molar-refractivity contribution in [2.45, 2.75) is 38.5 Å². The molecule has 1 aliphatic carbocycles. The molecule has 0 bridgehead atoms. The van der Waals surface area contributed by atoms with Gasteiger partial charge in [0.1, 0.15) is 0 Å². The molecule has 0 spiro atoms. The fourth-order valence-electron chi connectivity index (χ4n) is 2.58. The van der Waals surface area contributed by atoms with Gasteiger partial charge >= 0.3 is 5.97 Å². The van der Waals surface area contributed by atoms with Crippen LogP contribution in [0.5, 0.6) is 0 Å². The quantitative estimate of drug-likeness (QED) is 0.531. The highest BCUT2D eigenvalue weighted by Crippen LogP contribution is 2.41. The molecule has 0 aromatic carbocycles. The van der Waals surface area contributed by atoms with Crippen LogP contribution >= 0.6 is 0 Å². The van der Waals surface area contributed by atoms with Crippen molar-refractivity contribution < 1.29 is 24.2 Å². The zero-order chi connectivity index (χ0) is 15.7. The zero-order valence-electron chi connectivity index (χ0n) is 12.4. The molecule has 120 valence electrons. The highest BCUT2D eigenvalue weighted by Gasteiger charge is 2.42. The summed E-state index contributed by atoms with van der Waals surface area (Å²) in [6, 6.07) is 0. The standard InChI is InChI=1S/C14H24N2O5/c1-21-9-8-16-11(17)4-7-15-12(18)10-14(13(19)20)5-2-3-6-14/h2-10H2,1H3,(H,15,18)(H,16,17)(H,19,20). The zero-order valence-corrected chi connectivity index (χ0v) is 12.4. The van der Waals surface area contributed by atoms with E-state index in [-0.39, 0.29) is 31.2 Å². The molecule has 0 aromatic rings. The Morgan fingerprint density at radius 3 is 2.29 bits per heavy atom. The number of nitrogens with one attached hydrogen (secondary N) is 2. The van der Waals surface area contributed by atoms with Gasteiger partial charge in [-0.3, -0.25) is 14.4 Å². The molecule has 0 unspecified atom stereocenters. The number of carbonyl (C=O) groups excluding carboxylic acids is 2. The van der Waals surface area contributed by atoms with Gasteiger partial charge < -0.3 is 20.5 Å². The number of hydrogen-bond acceptors (Lipinski definition) is 4. The third kappa shape index (κ3) is 5.71. The number of carboxylic acids is 1. The molecule has 0 saturated heterocycles. The SMILES string of the molecule is COCCNC(=O)CCNC(=O)CC1(C(=O)O)CCCC1. The minimum absolute atomic E-state index is 0.00632. The van der Waals surface area contributed by atoms with E-state index in [0.717, 1.165) is 12.8 Å². The number of methoxy groups -OCH3 is 1. The first-order valence-electron chi connectivity index (χ1n) is 7.26. The Kier molecular flexibility index (Phi) is 7.14. The van der Waals surface area contributed by atoms with Crippen LogP contribution in [0.25, 0.3) is 0 Å². The molecule has 0 radical (unpaired) electrons. The van der Waals surface area contributed by atoms with Gasteiger partial charge in [0.2, 0.25) is 11.8 Å². The molecular formula is C14H24N2O5. The maximum absolute atomic E-state index is 11.8. The number of ether oxygens (including phenoxy) is 1. The fraction of sp³-hybridized carbons (Fsp3) is 0.786. The number of hydrogen-bond donors (Lipinski definition) is 3. The second-order valence-electron chi connectivity index (χ2n) is 5.41. The van der Waals surface area contributed by atoms with E-state index in [1.807, 2.05) is 0 Å². The van der Waals surface area contributed by atoms with E-state index in [1.165, 1.54) is 0 Å². The Morgan fingerprint density at radius 2 is 1.71 bits per heavy atom. The van der Waals surface area contributed by atoms with Crippen molar-refractivity contribution in [2.24, 2.45) is 5.41 Å². The first-order valence-corrected chi connectivity index (χ1v) is 7.26. The minimum Gasteiger partial charge on any atom is -0.481 e. The topological polar surface area (TPSA) is 105 Å². The lowest BCUT2D eigenvalue weighted by Gasteiger charge is -2.22. The first-order chi connectivity index (χ1) is 10.00. The van der Waals surface area contributed by atoms with Gasteiger partial charge in [-0.05, 0) is 12.8 Å². The van der Waals surface area contributed by atoms with E-state index in [4.69, 9.17) is 4.74 Å². The number of amides is 2. The van der Waals surface area contributed by atoms with Gasteiger partial charge in [-0.1, -0.05) is 12.8 Å². The van der Waals surface area contributed by atoms with E-state index in [0.29, 0.717) is 26.0 Å². The third-order valence-electron chi connectivity index (χ3n) is 3.82. The van der Waals surface area contributed by atoms with E-state index in [2.05, 4.69) is 10.6 Å². The van der Waals surface area contributed by atoms with Gasteiger partial charge in [0.15, 0.2) is 0 Å². The molecule has 3 N–H and O–H groups in total. The van der Waals surface area contributed by atoms with Crippen molar-refractivity contribution in [3.63, 3.8) is 0 Å². The van der Waals surface area contributed by atoms with E-state index >= 15 is 0 Å². The number of carboxylic acid groups (broad SMARTS) is 1. The average Bonchev–Trinajstić information content (AvgIpc) is 2.89. The monoisotopic (exact) mass is 300 g/mol. The molecule has 1 aliphatic rings. The predicted molar refractivity (Wildman–Crippen MR) is 75.7 cm³/mol. The normalized spacial score (nSPS) is 16.4. The fourth-order valence-corrected chi connectivity index (χ4v) is 2.58. The van der Waals surface area contributed by atoms with Crippen LogP contribution in [0.2, 0.25) is 0 Å². The summed E-state index contributed by atoms with van der Waals surface area (Å²) in [7, 11) is 1.55. The number of aliphatic carboxylic acids is 1. The van der Waals surface area contributed by atoms with Gasteiger partial charge in [-0.2, -0.15) is 0 Å². The second kappa shape index (κ2) is 8.61. The molecule has 2 amide bonds. The molecule has 0 aliphatic heterocycles. The van der Waals surface area contributed by atoms with Crippen LogP contribution < -0.4 is 10.6 Å². The van der Waals surface area contributed by atoms with Crippen molar-refractivity contribution in [3.8, 4) is 0 Å². The van der Waals surface area contributed by atoms with Crippen LogP contribution in [-0.4, -0.2) is 49.7 Å². The second-order valence-corrected chi connectivity index (χ2v) is 5.41. The Labute approximate surface area is 124 Å². The van der Waals surface area contributed by atoms with Gasteiger partial charge in [0, 0.05) is 33.0 Å². The average molecular weight is 300 g/mol. The number of rotatable bonds is 9. The highest BCUT2D eigenvalue weighted by atomic mass is 16.5. The molecule has 0 atom stereocenters. The highest BCUT2D eigenvalue weighted by molar-refractivity contribution is 5.85. The van der Waals surface area contributed by atoms with Crippen LogP contribution in [-0.2, 0) is 19.1 Å². The molecule has 7 heteroatoms. The van der Waals surface area contributed by atoms with Crippen molar-refractivity contribution >= 4 is 17.8 Å². The van der Waals surface area contributed by atoms with Crippen LogP contribution in [0.1, 0.15) is 38.5 Å². The Hall–Kier alpha value is -1.63. The van der Waals surface area contributed by atoms with Crippen LogP contribution in [0.4, 0.5) is 0 Å². The summed E-state index contributed by atoms with van der Waals surface area (Å²) in [6.45, 7) is 1.10. The molecule has 0 aromatic heterocycles. The Balaban J connectivity index is 2.24. The molecule has 21 heavy (non-hydrogen) atoms. The Bertz CT molecular complexity index is 378. The lowest BCUT2D eigenvalue weighted by molar-refractivity contribution is -0.151. The van der Waals surface area contributed by atoms with Gasteiger partial charge in [-0.15, -0.1) is 0 Å². The smallest absolute Gasteiger partial charge is 0.310 e. The predicted octanol–water partition coefficient (Wildman–Crippen LogP) is 0.290. The van der Waals surface area contributed by atoms with E-state index < -0.39 is 11.4 Å². The van der Waals surface area contributed by atoms with E-state index in [1.54, 1.807) is 7.11 Å². The van der Waals surface area contributed by atoms with Crippen LogP contribution in [0.15, 0.2) is 0 Å². The first kappa shape index (κ1) is 17.4. The lowest BCUT2D eigenvalue weighted by atomic mass is 9.82. The molecular weight excluding hydrogens is 276 g/mol. The summed E-state index contributed by atoms with van der Waals surface area (Å²) < 4.78 is 4.80. The maximum atomic E-state index is 11.8. The molecule has 7 nitrogen and oxygen atoms in total. The molecule has 1 rings (SSSR count). The summed E-state index contributed by atoms with van der Waals surface area (Å²) in [4.78, 5) is 34.6. The van der Waals surface area contributed by atoms with Gasteiger partial charge in [-0.25, -0.2) is 0 Å². The van der Waals surface area contributed by atoms with Gasteiger partial charge in [0.05, 0.1) is 12.0 Å². The van der Waals surface area contributed by atoms with Crippen LogP contribution in [0.3, 0.4) is 0 Å². The summed E-state index contributed by atoms with van der Waals surface area (Å²) in [6.07, 6.45) is 2.96. The van der Waals surface area contributed by atoms with Gasteiger partial charge in [0.25, 0.3) is 0 Å². The van der Waals surface area contributed by atoms with Crippen LogP contribution in [0, 0.1) is 5.41 Å². The largest absolute Gasteiger partial charge is 0.481 e. The van der Waals surface area contributed by atoms with Crippen molar-refractivity contribution in [1.82, 2.24) is 10.6 Å². The molecule has 0 heterocycles.